The van der Waals surface area contributed by atoms with Gasteiger partial charge in [-0.25, -0.2) is 8.42 Å². The molecule has 0 radical (unpaired) electrons. The highest BCUT2D eigenvalue weighted by Gasteiger charge is 2.34. The van der Waals surface area contributed by atoms with Gasteiger partial charge < -0.3 is 5.32 Å². The standard InChI is InChI=1S/C11H21NO2S/c1-2-11(9-5-6-9)12-8-10-4-3-7-15(10,13)14/h9-12H,2-8H2,1H3. The van der Waals surface area contributed by atoms with Crippen LogP contribution in [0.2, 0.25) is 0 Å². The van der Waals surface area contributed by atoms with E-state index in [1.807, 2.05) is 0 Å². The lowest BCUT2D eigenvalue weighted by Crippen LogP contribution is -2.38. The average molecular weight is 231 g/mol. The second-order valence-electron chi connectivity index (χ2n) is 4.89. The van der Waals surface area contributed by atoms with Crippen LogP contribution in [0.4, 0.5) is 0 Å². The Balaban J connectivity index is 1.81. The molecule has 3 nitrogen and oxygen atoms in total. The van der Waals surface area contributed by atoms with E-state index in [9.17, 15) is 8.42 Å². The summed E-state index contributed by atoms with van der Waals surface area (Å²) < 4.78 is 23.2. The third-order valence-corrected chi connectivity index (χ3v) is 5.98. The molecule has 2 fully saturated rings. The molecule has 0 aromatic heterocycles. The van der Waals surface area contributed by atoms with E-state index in [0.717, 1.165) is 25.2 Å². The van der Waals surface area contributed by atoms with E-state index in [1.54, 1.807) is 0 Å². The molecule has 2 unspecified atom stereocenters. The summed E-state index contributed by atoms with van der Waals surface area (Å²) >= 11 is 0. The second-order valence-corrected chi connectivity index (χ2v) is 7.29. The molecule has 0 aromatic rings. The maximum atomic E-state index is 11.6. The second kappa shape index (κ2) is 4.42. The smallest absolute Gasteiger partial charge is 0.154 e. The van der Waals surface area contributed by atoms with E-state index in [4.69, 9.17) is 0 Å². The van der Waals surface area contributed by atoms with Gasteiger partial charge in [-0.15, -0.1) is 0 Å². The first-order chi connectivity index (χ1) is 7.13. The van der Waals surface area contributed by atoms with Gasteiger partial charge in [-0.3, -0.25) is 0 Å². The molecule has 88 valence electrons. The zero-order chi connectivity index (χ0) is 10.9. The lowest BCUT2D eigenvalue weighted by atomic mass is 10.1. The molecule has 1 heterocycles. The Morgan fingerprint density at radius 1 is 1.33 bits per heavy atom. The molecule has 1 N–H and O–H groups in total. The van der Waals surface area contributed by atoms with Gasteiger partial charge in [0.2, 0.25) is 0 Å². The quantitative estimate of drug-likeness (QED) is 0.776. The van der Waals surface area contributed by atoms with Crippen LogP contribution in [0.15, 0.2) is 0 Å². The van der Waals surface area contributed by atoms with E-state index in [-0.39, 0.29) is 5.25 Å². The number of hydrogen-bond donors (Lipinski definition) is 1. The fourth-order valence-corrected chi connectivity index (χ4v) is 4.29. The van der Waals surface area contributed by atoms with Crippen molar-refractivity contribution in [3.8, 4) is 0 Å². The highest BCUT2D eigenvalue weighted by atomic mass is 32.2. The monoisotopic (exact) mass is 231 g/mol. The Bertz CT molecular complexity index is 309. The van der Waals surface area contributed by atoms with Gasteiger partial charge in [-0.2, -0.15) is 0 Å². The molecule has 1 aliphatic carbocycles. The Morgan fingerprint density at radius 3 is 2.53 bits per heavy atom. The number of nitrogens with one attached hydrogen (secondary N) is 1. The lowest BCUT2D eigenvalue weighted by molar-refractivity contribution is 0.443. The van der Waals surface area contributed by atoms with Crippen molar-refractivity contribution >= 4 is 9.84 Å². The minimum atomic E-state index is -2.76. The predicted octanol–water partition coefficient (Wildman–Crippen LogP) is 1.34. The Kier molecular flexibility index (Phi) is 3.36. The van der Waals surface area contributed by atoms with Crippen LogP contribution in [0.5, 0.6) is 0 Å². The molecular formula is C11H21NO2S. The first-order valence-electron chi connectivity index (χ1n) is 6.08. The van der Waals surface area contributed by atoms with Crippen LogP contribution in [0.1, 0.15) is 39.0 Å². The minimum Gasteiger partial charge on any atom is -0.312 e. The normalized spacial score (nSPS) is 31.7. The summed E-state index contributed by atoms with van der Waals surface area (Å²) in [5.74, 6) is 1.22. The van der Waals surface area contributed by atoms with E-state index in [2.05, 4.69) is 12.2 Å². The summed E-state index contributed by atoms with van der Waals surface area (Å²) in [7, 11) is -2.76. The van der Waals surface area contributed by atoms with Crippen LogP contribution in [0.3, 0.4) is 0 Å². The Labute approximate surface area is 92.6 Å². The number of rotatable bonds is 5. The largest absolute Gasteiger partial charge is 0.312 e. The van der Waals surface area contributed by atoms with E-state index < -0.39 is 9.84 Å². The van der Waals surface area contributed by atoms with Crippen LogP contribution < -0.4 is 5.32 Å². The van der Waals surface area contributed by atoms with Gasteiger partial charge >= 0.3 is 0 Å². The van der Waals surface area contributed by atoms with Crippen molar-refractivity contribution in [2.75, 3.05) is 12.3 Å². The molecule has 2 atom stereocenters. The van der Waals surface area contributed by atoms with Gasteiger partial charge in [0.1, 0.15) is 0 Å². The minimum absolute atomic E-state index is 0.106. The van der Waals surface area contributed by atoms with Gasteiger partial charge in [0.25, 0.3) is 0 Å². The van der Waals surface area contributed by atoms with Crippen molar-refractivity contribution in [2.45, 2.75) is 50.3 Å². The molecule has 4 heteroatoms. The lowest BCUT2D eigenvalue weighted by Gasteiger charge is -2.18. The maximum absolute atomic E-state index is 11.6. The van der Waals surface area contributed by atoms with Crippen LogP contribution in [0, 0.1) is 5.92 Å². The van der Waals surface area contributed by atoms with Crippen LogP contribution in [-0.4, -0.2) is 32.0 Å². The van der Waals surface area contributed by atoms with Crippen LogP contribution >= 0.6 is 0 Å². The molecule has 1 saturated heterocycles. The highest BCUT2D eigenvalue weighted by molar-refractivity contribution is 7.92. The van der Waals surface area contributed by atoms with Crippen molar-refractivity contribution in [3.63, 3.8) is 0 Å². The molecule has 0 amide bonds. The number of sulfone groups is 1. The zero-order valence-corrected chi connectivity index (χ0v) is 10.2. The summed E-state index contributed by atoms with van der Waals surface area (Å²) in [4.78, 5) is 0. The highest BCUT2D eigenvalue weighted by Crippen LogP contribution is 2.34. The third kappa shape index (κ3) is 2.72. The van der Waals surface area contributed by atoms with Gasteiger partial charge in [0.15, 0.2) is 9.84 Å². The molecular weight excluding hydrogens is 210 g/mol. The third-order valence-electron chi connectivity index (χ3n) is 3.70. The summed E-state index contributed by atoms with van der Waals surface area (Å²) in [6.45, 7) is 2.86. The van der Waals surface area contributed by atoms with Crippen molar-refractivity contribution in [3.05, 3.63) is 0 Å². The molecule has 0 bridgehead atoms. The predicted molar refractivity (Wildman–Crippen MR) is 61.6 cm³/mol. The molecule has 1 saturated carbocycles. The van der Waals surface area contributed by atoms with Gasteiger partial charge in [0.05, 0.1) is 11.0 Å². The molecule has 1 aliphatic heterocycles. The first-order valence-corrected chi connectivity index (χ1v) is 7.80. The van der Waals surface area contributed by atoms with Gasteiger partial charge in [-0.1, -0.05) is 6.92 Å². The summed E-state index contributed by atoms with van der Waals surface area (Å²) in [5, 5.41) is 3.34. The Morgan fingerprint density at radius 2 is 2.07 bits per heavy atom. The van der Waals surface area contributed by atoms with Crippen molar-refractivity contribution in [1.29, 1.82) is 0 Å². The summed E-state index contributed by atoms with van der Waals surface area (Å²) in [5.41, 5.74) is 0. The first kappa shape index (κ1) is 11.4. The number of hydrogen-bond acceptors (Lipinski definition) is 3. The SMILES string of the molecule is CCC(NCC1CCCS1(=O)=O)C1CC1. The van der Waals surface area contributed by atoms with E-state index >= 15 is 0 Å². The van der Waals surface area contributed by atoms with E-state index in [0.29, 0.717) is 18.3 Å². The molecule has 2 aliphatic rings. The molecule has 0 aromatic carbocycles. The van der Waals surface area contributed by atoms with Crippen LogP contribution in [0.25, 0.3) is 0 Å². The zero-order valence-electron chi connectivity index (χ0n) is 9.41. The van der Waals surface area contributed by atoms with Crippen LogP contribution in [-0.2, 0) is 9.84 Å². The topological polar surface area (TPSA) is 46.2 Å². The summed E-state index contributed by atoms with van der Waals surface area (Å²) in [6, 6.07) is 0.556. The van der Waals surface area contributed by atoms with Crippen molar-refractivity contribution in [2.24, 2.45) is 5.92 Å². The Hall–Kier alpha value is -0.0900. The van der Waals surface area contributed by atoms with Gasteiger partial charge in [0, 0.05) is 12.6 Å². The molecule has 15 heavy (non-hydrogen) atoms. The molecule has 0 spiro atoms. The van der Waals surface area contributed by atoms with E-state index in [1.165, 1.54) is 12.8 Å². The fraction of sp³-hybridized carbons (Fsp3) is 1.00. The fourth-order valence-electron chi connectivity index (χ4n) is 2.51. The van der Waals surface area contributed by atoms with Crippen molar-refractivity contribution in [1.82, 2.24) is 5.32 Å². The van der Waals surface area contributed by atoms with Gasteiger partial charge in [-0.05, 0) is 38.0 Å². The van der Waals surface area contributed by atoms with Crippen molar-refractivity contribution < 1.29 is 8.42 Å². The average Bonchev–Trinajstić information content (AvgIpc) is 2.95. The maximum Gasteiger partial charge on any atom is 0.154 e. The summed E-state index contributed by atoms with van der Waals surface area (Å²) in [6.07, 6.45) is 5.48. The molecule has 2 rings (SSSR count).